The summed E-state index contributed by atoms with van der Waals surface area (Å²) in [6.45, 7) is 3.46. The Kier molecular flexibility index (Phi) is 2.63. The van der Waals surface area contributed by atoms with Gasteiger partial charge in [0.25, 0.3) is 0 Å². The van der Waals surface area contributed by atoms with Crippen LogP contribution >= 0.6 is 0 Å². The van der Waals surface area contributed by atoms with Crippen LogP contribution in [0.15, 0.2) is 24.3 Å². The molecule has 0 fully saturated rings. The fourth-order valence-electron chi connectivity index (χ4n) is 0.958. The van der Waals surface area contributed by atoms with Crippen LogP contribution in [-0.2, 0) is 0 Å². The van der Waals surface area contributed by atoms with E-state index in [1.165, 1.54) is 0 Å². The van der Waals surface area contributed by atoms with Crippen LogP contribution in [0.25, 0.3) is 0 Å². The minimum atomic E-state index is -0.802. The van der Waals surface area contributed by atoms with E-state index >= 15 is 0 Å². The number of benzene rings is 1. The van der Waals surface area contributed by atoms with E-state index in [0.29, 0.717) is 5.56 Å². The summed E-state index contributed by atoms with van der Waals surface area (Å²) in [6.07, 6.45) is -0.802. The minimum Gasteiger partial charge on any atom is -0.393 e. The van der Waals surface area contributed by atoms with Gasteiger partial charge in [0.2, 0.25) is 0 Å². The molecule has 1 aromatic rings. The summed E-state index contributed by atoms with van der Waals surface area (Å²) >= 11 is 0. The number of aliphatic hydroxyl groups is 2. The molecule has 1 atom stereocenters. The maximum atomic E-state index is 9.22. The second kappa shape index (κ2) is 3.51. The van der Waals surface area contributed by atoms with Crippen molar-refractivity contribution in [3.63, 3.8) is 0 Å². The van der Waals surface area contributed by atoms with Gasteiger partial charge in [-0.25, -0.2) is 0 Å². The maximum Gasteiger partial charge on any atom is 0.102 e. The van der Waals surface area contributed by atoms with E-state index in [2.05, 4.69) is 6.92 Å². The first-order chi connectivity index (χ1) is 5.25. The van der Waals surface area contributed by atoms with Gasteiger partial charge in [-0.1, -0.05) is 24.3 Å². The molecular weight excluding hydrogens is 140 g/mol. The van der Waals surface area contributed by atoms with Crippen LogP contribution in [0, 0.1) is 6.92 Å². The van der Waals surface area contributed by atoms with Gasteiger partial charge in [-0.3, -0.25) is 0 Å². The van der Waals surface area contributed by atoms with Gasteiger partial charge in [-0.2, -0.15) is 0 Å². The van der Waals surface area contributed by atoms with E-state index in [9.17, 15) is 5.11 Å². The minimum absolute atomic E-state index is 0.257. The summed E-state index contributed by atoms with van der Waals surface area (Å²) in [6, 6.07) is 7.20. The molecule has 1 rings (SSSR count). The molecule has 2 heteroatoms. The van der Waals surface area contributed by atoms with Crippen molar-refractivity contribution in [2.24, 2.45) is 0 Å². The standard InChI is InChI=1S/C9H11O2/c1-7-4-2-3-5-8(7)9(11)6-10/h2-5,9-11H,1,6H2. The lowest BCUT2D eigenvalue weighted by Gasteiger charge is -2.09. The Morgan fingerprint density at radius 2 is 2.00 bits per heavy atom. The van der Waals surface area contributed by atoms with Gasteiger partial charge in [-0.05, 0) is 18.1 Å². The van der Waals surface area contributed by atoms with Crippen LogP contribution < -0.4 is 0 Å². The van der Waals surface area contributed by atoms with Crippen molar-refractivity contribution in [2.75, 3.05) is 6.61 Å². The summed E-state index contributed by atoms with van der Waals surface area (Å²) in [4.78, 5) is 0. The zero-order chi connectivity index (χ0) is 8.27. The van der Waals surface area contributed by atoms with E-state index in [1.807, 2.05) is 12.1 Å². The Hall–Kier alpha value is -0.860. The lowest BCUT2D eigenvalue weighted by Crippen LogP contribution is -2.03. The first-order valence-electron chi connectivity index (χ1n) is 3.45. The third-order valence-corrected chi connectivity index (χ3v) is 1.59. The third kappa shape index (κ3) is 1.79. The van der Waals surface area contributed by atoms with Crippen LogP contribution in [0.1, 0.15) is 17.2 Å². The van der Waals surface area contributed by atoms with E-state index in [1.54, 1.807) is 12.1 Å². The van der Waals surface area contributed by atoms with E-state index < -0.39 is 6.10 Å². The molecule has 59 valence electrons. The second-order valence-corrected chi connectivity index (χ2v) is 2.40. The van der Waals surface area contributed by atoms with Crippen LogP contribution in [-0.4, -0.2) is 16.8 Å². The van der Waals surface area contributed by atoms with E-state index in [4.69, 9.17) is 5.11 Å². The van der Waals surface area contributed by atoms with Gasteiger partial charge >= 0.3 is 0 Å². The molecule has 1 radical (unpaired) electrons. The molecule has 0 aromatic heterocycles. The molecule has 1 aromatic carbocycles. The molecule has 0 aliphatic heterocycles. The van der Waals surface area contributed by atoms with Crippen LogP contribution in [0.4, 0.5) is 0 Å². The smallest absolute Gasteiger partial charge is 0.102 e. The largest absolute Gasteiger partial charge is 0.393 e. The lowest BCUT2D eigenvalue weighted by atomic mass is 10.0. The fourth-order valence-corrected chi connectivity index (χ4v) is 0.958. The highest BCUT2D eigenvalue weighted by atomic mass is 16.3. The summed E-state index contributed by atoms with van der Waals surface area (Å²) in [5.74, 6) is 0. The molecule has 0 amide bonds. The SMILES string of the molecule is [CH2]c1ccccc1C(O)CO. The fraction of sp³-hybridized carbons (Fsp3) is 0.222. The summed E-state index contributed by atoms with van der Waals surface area (Å²) in [5.41, 5.74) is 1.45. The molecule has 0 saturated carbocycles. The number of rotatable bonds is 2. The zero-order valence-electron chi connectivity index (χ0n) is 6.20. The van der Waals surface area contributed by atoms with Crippen molar-refractivity contribution < 1.29 is 10.2 Å². The average molecular weight is 151 g/mol. The Morgan fingerprint density at radius 1 is 1.36 bits per heavy atom. The van der Waals surface area contributed by atoms with E-state index in [-0.39, 0.29) is 6.61 Å². The van der Waals surface area contributed by atoms with Crippen LogP contribution in [0.3, 0.4) is 0 Å². The quantitative estimate of drug-likeness (QED) is 0.659. The first-order valence-corrected chi connectivity index (χ1v) is 3.45. The molecule has 2 nitrogen and oxygen atoms in total. The Bertz CT molecular complexity index is 233. The lowest BCUT2D eigenvalue weighted by molar-refractivity contribution is 0.0953. The van der Waals surface area contributed by atoms with Crippen LogP contribution in [0.5, 0.6) is 0 Å². The van der Waals surface area contributed by atoms with Crippen molar-refractivity contribution in [3.05, 3.63) is 42.3 Å². The Balaban J connectivity index is 2.93. The summed E-state index contributed by atoms with van der Waals surface area (Å²) in [7, 11) is 0. The Labute approximate surface area is 66.1 Å². The molecule has 0 aliphatic carbocycles. The first kappa shape index (κ1) is 8.24. The Morgan fingerprint density at radius 3 is 2.55 bits per heavy atom. The van der Waals surface area contributed by atoms with Gasteiger partial charge in [0.15, 0.2) is 0 Å². The third-order valence-electron chi connectivity index (χ3n) is 1.59. The topological polar surface area (TPSA) is 40.5 Å². The van der Waals surface area contributed by atoms with Crippen molar-refractivity contribution >= 4 is 0 Å². The number of aliphatic hydroxyl groups excluding tert-OH is 2. The maximum absolute atomic E-state index is 9.22. The normalized spacial score (nSPS) is 13.0. The van der Waals surface area contributed by atoms with Crippen molar-refractivity contribution in [3.8, 4) is 0 Å². The highest BCUT2D eigenvalue weighted by Crippen LogP contribution is 2.15. The summed E-state index contributed by atoms with van der Waals surface area (Å²) < 4.78 is 0. The number of hydrogen-bond acceptors (Lipinski definition) is 2. The predicted molar refractivity (Wildman–Crippen MR) is 42.9 cm³/mol. The molecule has 1 unspecified atom stereocenters. The van der Waals surface area contributed by atoms with E-state index in [0.717, 1.165) is 5.56 Å². The van der Waals surface area contributed by atoms with Gasteiger partial charge in [0.05, 0.1) is 6.61 Å². The molecule has 0 bridgehead atoms. The predicted octanol–water partition coefficient (Wildman–Crippen LogP) is 0.894. The molecule has 0 saturated heterocycles. The molecular formula is C9H11O2. The molecule has 0 spiro atoms. The van der Waals surface area contributed by atoms with Gasteiger partial charge in [0.1, 0.15) is 6.10 Å². The average Bonchev–Trinajstić information content (AvgIpc) is 2.04. The summed E-state index contributed by atoms with van der Waals surface area (Å²) in [5, 5.41) is 17.9. The monoisotopic (exact) mass is 151 g/mol. The van der Waals surface area contributed by atoms with Crippen molar-refractivity contribution in [2.45, 2.75) is 6.10 Å². The molecule has 11 heavy (non-hydrogen) atoms. The molecule has 2 N–H and O–H groups in total. The second-order valence-electron chi connectivity index (χ2n) is 2.40. The van der Waals surface area contributed by atoms with Crippen molar-refractivity contribution in [1.82, 2.24) is 0 Å². The van der Waals surface area contributed by atoms with Gasteiger partial charge < -0.3 is 10.2 Å². The zero-order valence-corrected chi connectivity index (χ0v) is 6.20. The van der Waals surface area contributed by atoms with Crippen molar-refractivity contribution in [1.29, 1.82) is 0 Å². The van der Waals surface area contributed by atoms with Crippen LogP contribution in [0.2, 0.25) is 0 Å². The number of hydrogen-bond donors (Lipinski definition) is 2. The van der Waals surface area contributed by atoms with Gasteiger partial charge in [-0.15, -0.1) is 0 Å². The molecule has 0 heterocycles. The highest BCUT2D eigenvalue weighted by molar-refractivity contribution is 5.31. The molecule has 0 aliphatic rings. The highest BCUT2D eigenvalue weighted by Gasteiger charge is 2.06. The van der Waals surface area contributed by atoms with Gasteiger partial charge in [0, 0.05) is 0 Å².